The van der Waals surface area contributed by atoms with E-state index in [2.05, 4.69) is 69.2 Å². The molecule has 0 bridgehead atoms. The van der Waals surface area contributed by atoms with Crippen molar-refractivity contribution in [1.29, 1.82) is 0 Å². The molecule has 0 spiro atoms. The lowest BCUT2D eigenvalue weighted by Crippen LogP contribution is -2.51. The Morgan fingerprint density at radius 2 is 0.826 bits per heavy atom. The minimum absolute atomic E-state index is 0.393. The van der Waals surface area contributed by atoms with Gasteiger partial charge in [-0.3, -0.25) is 0 Å². The van der Waals surface area contributed by atoms with Crippen molar-refractivity contribution in [3.8, 4) is 0 Å². The summed E-state index contributed by atoms with van der Waals surface area (Å²) >= 11 is 0. The van der Waals surface area contributed by atoms with Gasteiger partial charge in [0.25, 0.3) is 0 Å². The SMILES string of the molecule is CC(C)(C)CC(C)(C)C1(C(C)(C)CC(C)(C)C)CCCCCC1. The summed E-state index contributed by atoms with van der Waals surface area (Å²) in [4.78, 5) is 0. The van der Waals surface area contributed by atoms with Crippen molar-refractivity contribution in [3.05, 3.63) is 0 Å². The highest BCUT2D eigenvalue weighted by atomic mass is 14.6. The van der Waals surface area contributed by atoms with Gasteiger partial charge in [-0.2, -0.15) is 0 Å². The zero-order valence-corrected chi connectivity index (χ0v) is 18.2. The van der Waals surface area contributed by atoms with Gasteiger partial charge in [0.15, 0.2) is 0 Å². The molecule has 1 fully saturated rings. The van der Waals surface area contributed by atoms with Gasteiger partial charge in [0.2, 0.25) is 0 Å². The minimum Gasteiger partial charge on any atom is -0.0602 e. The molecule has 0 aromatic carbocycles. The molecule has 0 heteroatoms. The largest absolute Gasteiger partial charge is 0.0602 e. The quantitative estimate of drug-likeness (QED) is 0.457. The normalized spacial score (nSPS) is 21.1. The van der Waals surface area contributed by atoms with Crippen LogP contribution in [0.5, 0.6) is 0 Å². The van der Waals surface area contributed by atoms with Gasteiger partial charge in [-0.05, 0) is 52.8 Å². The molecule has 0 aromatic heterocycles. The first kappa shape index (κ1) is 21.0. The molecular formula is C23H46. The Bertz CT molecular complexity index is 332. The summed E-state index contributed by atoms with van der Waals surface area (Å²) in [5.41, 5.74) is 2.06. The molecule has 0 aliphatic heterocycles. The Morgan fingerprint density at radius 3 is 1.09 bits per heavy atom. The Hall–Kier alpha value is 0. The van der Waals surface area contributed by atoms with Crippen LogP contribution in [-0.2, 0) is 0 Å². The molecule has 138 valence electrons. The molecule has 1 aliphatic rings. The first-order chi connectivity index (χ1) is 10.1. The van der Waals surface area contributed by atoms with E-state index < -0.39 is 0 Å². The first-order valence-electron chi connectivity index (χ1n) is 10.1. The Morgan fingerprint density at radius 1 is 0.522 bits per heavy atom. The Kier molecular flexibility index (Phi) is 6.15. The average molecular weight is 323 g/mol. The highest BCUT2D eigenvalue weighted by molar-refractivity contribution is 5.04. The third-order valence-corrected chi connectivity index (χ3v) is 6.49. The molecular weight excluding hydrogens is 276 g/mol. The van der Waals surface area contributed by atoms with Crippen molar-refractivity contribution >= 4 is 0 Å². The van der Waals surface area contributed by atoms with Gasteiger partial charge in [-0.15, -0.1) is 0 Å². The molecule has 0 amide bonds. The van der Waals surface area contributed by atoms with Crippen LogP contribution >= 0.6 is 0 Å². The maximum absolute atomic E-state index is 2.59. The van der Waals surface area contributed by atoms with Crippen molar-refractivity contribution in [2.75, 3.05) is 0 Å². The van der Waals surface area contributed by atoms with Crippen LogP contribution in [0.2, 0.25) is 0 Å². The van der Waals surface area contributed by atoms with Crippen LogP contribution in [0.4, 0.5) is 0 Å². The third kappa shape index (κ3) is 5.23. The molecule has 1 rings (SSSR count). The number of hydrogen-bond donors (Lipinski definition) is 0. The summed E-state index contributed by atoms with van der Waals surface area (Å²) in [5.74, 6) is 0. The molecule has 0 N–H and O–H groups in total. The lowest BCUT2D eigenvalue weighted by Gasteiger charge is -2.59. The summed E-state index contributed by atoms with van der Waals surface area (Å²) in [5, 5.41) is 0. The minimum atomic E-state index is 0.393. The second kappa shape index (κ2) is 6.72. The van der Waals surface area contributed by atoms with Gasteiger partial charge in [-0.25, -0.2) is 0 Å². The number of rotatable bonds is 4. The van der Waals surface area contributed by atoms with E-state index in [0.29, 0.717) is 27.1 Å². The predicted octanol–water partition coefficient (Wildman–Crippen LogP) is 8.25. The fourth-order valence-corrected chi connectivity index (χ4v) is 6.59. The Labute approximate surface area is 148 Å². The molecule has 23 heavy (non-hydrogen) atoms. The molecule has 0 unspecified atom stereocenters. The van der Waals surface area contributed by atoms with E-state index in [4.69, 9.17) is 0 Å². The summed E-state index contributed by atoms with van der Waals surface area (Å²) in [7, 11) is 0. The van der Waals surface area contributed by atoms with Crippen LogP contribution < -0.4 is 0 Å². The average Bonchev–Trinajstić information content (AvgIpc) is 2.48. The van der Waals surface area contributed by atoms with Crippen molar-refractivity contribution < 1.29 is 0 Å². The summed E-state index contributed by atoms with van der Waals surface area (Å²) in [6.07, 6.45) is 11.3. The fourth-order valence-electron chi connectivity index (χ4n) is 6.59. The highest BCUT2D eigenvalue weighted by Crippen LogP contribution is 2.64. The van der Waals surface area contributed by atoms with Crippen molar-refractivity contribution in [2.24, 2.45) is 27.1 Å². The summed E-state index contributed by atoms with van der Waals surface area (Å²) < 4.78 is 0. The van der Waals surface area contributed by atoms with Gasteiger partial charge in [-0.1, -0.05) is 94.9 Å². The lowest BCUT2D eigenvalue weighted by atomic mass is 9.45. The highest BCUT2D eigenvalue weighted by Gasteiger charge is 2.55. The van der Waals surface area contributed by atoms with Crippen LogP contribution in [-0.4, -0.2) is 0 Å². The molecule has 0 atom stereocenters. The smallest absolute Gasteiger partial charge is 0.0195 e. The molecule has 1 saturated carbocycles. The molecule has 0 saturated heterocycles. The standard InChI is InChI=1S/C23H46/c1-19(2,3)17-21(7,8)23(15-13-11-12-14-16-23)22(9,10)18-20(4,5)6/h11-18H2,1-10H3. The van der Waals surface area contributed by atoms with Gasteiger partial charge >= 0.3 is 0 Å². The van der Waals surface area contributed by atoms with Crippen LogP contribution in [0.25, 0.3) is 0 Å². The maximum atomic E-state index is 2.59. The fraction of sp³-hybridized carbons (Fsp3) is 1.00. The van der Waals surface area contributed by atoms with Crippen molar-refractivity contribution in [1.82, 2.24) is 0 Å². The Balaban J connectivity index is 3.31. The molecule has 0 radical (unpaired) electrons. The van der Waals surface area contributed by atoms with Crippen LogP contribution in [0.15, 0.2) is 0 Å². The van der Waals surface area contributed by atoms with Gasteiger partial charge in [0.05, 0.1) is 0 Å². The van der Waals surface area contributed by atoms with Crippen LogP contribution in [0.3, 0.4) is 0 Å². The van der Waals surface area contributed by atoms with E-state index in [1.807, 2.05) is 0 Å². The van der Waals surface area contributed by atoms with E-state index in [0.717, 1.165) is 0 Å². The van der Waals surface area contributed by atoms with Crippen molar-refractivity contribution in [2.45, 2.75) is 121 Å². The van der Waals surface area contributed by atoms with Crippen LogP contribution in [0.1, 0.15) is 121 Å². The van der Waals surface area contributed by atoms with Gasteiger partial charge in [0, 0.05) is 0 Å². The third-order valence-electron chi connectivity index (χ3n) is 6.49. The zero-order valence-electron chi connectivity index (χ0n) is 18.2. The second-order valence-electron chi connectivity index (χ2n) is 12.2. The predicted molar refractivity (Wildman–Crippen MR) is 106 cm³/mol. The molecule has 0 heterocycles. The molecule has 1 aliphatic carbocycles. The maximum Gasteiger partial charge on any atom is -0.0195 e. The molecule has 0 nitrogen and oxygen atoms in total. The van der Waals surface area contributed by atoms with Crippen LogP contribution in [0, 0.1) is 27.1 Å². The van der Waals surface area contributed by atoms with E-state index >= 15 is 0 Å². The first-order valence-corrected chi connectivity index (χ1v) is 10.1. The van der Waals surface area contributed by atoms with Crippen molar-refractivity contribution in [3.63, 3.8) is 0 Å². The summed E-state index contributed by atoms with van der Waals surface area (Å²) in [6, 6.07) is 0. The molecule has 0 aromatic rings. The van der Waals surface area contributed by atoms with E-state index in [-0.39, 0.29) is 0 Å². The lowest BCUT2D eigenvalue weighted by molar-refractivity contribution is -0.101. The monoisotopic (exact) mass is 322 g/mol. The second-order valence-corrected chi connectivity index (χ2v) is 12.2. The van der Waals surface area contributed by atoms with Gasteiger partial charge < -0.3 is 0 Å². The van der Waals surface area contributed by atoms with Gasteiger partial charge in [0.1, 0.15) is 0 Å². The van der Waals surface area contributed by atoms with E-state index in [1.165, 1.54) is 51.4 Å². The van der Waals surface area contributed by atoms with E-state index in [9.17, 15) is 0 Å². The number of hydrogen-bond acceptors (Lipinski definition) is 0. The summed E-state index contributed by atoms with van der Waals surface area (Å²) in [6.45, 7) is 24.9. The van der Waals surface area contributed by atoms with E-state index in [1.54, 1.807) is 0 Å². The topological polar surface area (TPSA) is 0 Å². The zero-order chi connectivity index (χ0) is 18.2.